The summed E-state index contributed by atoms with van der Waals surface area (Å²) in [7, 11) is 3.59. The number of benzene rings is 2. The molecule has 2 aromatic carbocycles. The molecule has 0 fully saturated rings. The van der Waals surface area contributed by atoms with Crippen molar-refractivity contribution in [2.75, 3.05) is 19.1 Å². The molecule has 0 saturated heterocycles. The molecule has 0 saturated carbocycles. The van der Waals surface area contributed by atoms with Crippen LogP contribution in [0.25, 0.3) is 0 Å². The van der Waals surface area contributed by atoms with Crippen molar-refractivity contribution in [2.45, 2.75) is 6.92 Å². The van der Waals surface area contributed by atoms with Crippen LogP contribution >= 0.6 is 0 Å². The first-order chi connectivity index (χ1) is 9.54. The van der Waals surface area contributed by atoms with Crippen LogP contribution in [0.2, 0.25) is 0 Å². The minimum Gasteiger partial charge on any atom is -0.495 e. The highest BCUT2D eigenvalue weighted by Gasteiger charge is 2.14. The van der Waals surface area contributed by atoms with Crippen molar-refractivity contribution in [1.82, 2.24) is 0 Å². The second-order valence-electron chi connectivity index (χ2n) is 4.67. The van der Waals surface area contributed by atoms with Crippen molar-refractivity contribution in [3.05, 3.63) is 53.6 Å². The fourth-order valence-electron chi connectivity index (χ4n) is 2.19. The first-order valence-electron chi connectivity index (χ1n) is 6.36. The second kappa shape index (κ2) is 5.65. The van der Waals surface area contributed by atoms with Crippen molar-refractivity contribution in [3.63, 3.8) is 0 Å². The van der Waals surface area contributed by atoms with Gasteiger partial charge in [0.2, 0.25) is 0 Å². The Kier molecular flexibility index (Phi) is 3.94. The van der Waals surface area contributed by atoms with Gasteiger partial charge in [0.05, 0.1) is 18.5 Å². The van der Waals surface area contributed by atoms with Gasteiger partial charge in [-0.05, 0) is 31.2 Å². The molecule has 2 aromatic rings. The minimum atomic E-state index is 0.0606. The Labute approximate surface area is 119 Å². The van der Waals surface area contributed by atoms with Crippen LogP contribution in [0.4, 0.5) is 11.4 Å². The summed E-state index contributed by atoms with van der Waals surface area (Å²) in [6.45, 7) is 1.99. The third kappa shape index (κ3) is 2.59. The quantitative estimate of drug-likeness (QED) is 0.662. The molecule has 20 heavy (non-hydrogen) atoms. The lowest BCUT2D eigenvalue weighted by atomic mass is 10.1. The Morgan fingerprint density at radius 1 is 1.15 bits per heavy atom. The van der Waals surface area contributed by atoms with Gasteiger partial charge in [-0.25, -0.2) is 0 Å². The summed E-state index contributed by atoms with van der Waals surface area (Å²) >= 11 is 0. The van der Waals surface area contributed by atoms with Crippen LogP contribution in [0, 0.1) is 12.3 Å². The summed E-state index contributed by atoms with van der Waals surface area (Å²) < 4.78 is 5.39. The zero-order valence-corrected chi connectivity index (χ0v) is 12.0. The van der Waals surface area contributed by atoms with Crippen molar-refractivity contribution < 1.29 is 4.74 Å². The van der Waals surface area contributed by atoms with E-state index in [1.807, 2.05) is 61.3 Å². The molecule has 0 unspecified atom stereocenters. The van der Waals surface area contributed by atoms with Crippen molar-refractivity contribution in [1.29, 1.82) is 5.41 Å². The number of nitrogens with zero attached hydrogens (tertiary/aromatic N) is 1. The summed E-state index contributed by atoms with van der Waals surface area (Å²) in [6.07, 6.45) is 0. The van der Waals surface area contributed by atoms with E-state index in [1.165, 1.54) is 0 Å². The van der Waals surface area contributed by atoms with Crippen LogP contribution in [0.5, 0.6) is 5.75 Å². The Balaban J connectivity index is 2.53. The van der Waals surface area contributed by atoms with E-state index in [0.29, 0.717) is 0 Å². The molecule has 0 aromatic heterocycles. The molecule has 0 radical (unpaired) electrons. The van der Waals surface area contributed by atoms with Crippen LogP contribution in [-0.2, 0) is 0 Å². The fourth-order valence-corrected chi connectivity index (χ4v) is 2.19. The molecule has 0 bridgehead atoms. The standard InChI is InChI=1S/C16H19N3O/c1-11-8-9-13(12(10-11)16(17)18)19(2)14-6-4-5-7-15(14)20-3/h4-10H,1-3H3,(H3,17,18). The van der Waals surface area contributed by atoms with Gasteiger partial charge in [0.15, 0.2) is 0 Å². The fraction of sp³-hybridized carbons (Fsp3) is 0.188. The summed E-state index contributed by atoms with van der Waals surface area (Å²) in [5, 5.41) is 7.75. The number of anilines is 2. The third-order valence-electron chi connectivity index (χ3n) is 3.25. The van der Waals surface area contributed by atoms with Crippen LogP contribution in [0.1, 0.15) is 11.1 Å². The molecule has 3 N–H and O–H groups in total. The van der Waals surface area contributed by atoms with E-state index in [9.17, 15) is 0 Å². The molecule has 4 nitrogen and oxygen atoms in total. The van der Waals surface area contributed by atoms with E-state index in [4.69, 9.17) is 15.9 Å². The smallest absolute Gasteiger partial charge is 0.142 e. The maximum atomic E-state index is 7.75. The SMILES string of the molecule is COc1ccccc1N(C)c1ccc(C)cc1C(=N)N. The average Bonchev–Trinajstić information content (AvgIpc) is 2.46. The van der Waals surface area contributed by atoms with Gasteiger partial charge in [0.1, 0.15) is 11.6 Å². The highest BCUT2D eigenvalue weighted by Crippen LogP contribution is 2.34. The molecule has 0 aliphatic rings. The first kappa shape index (κ1) is 13.9. The van der Waals surface area contributed by atoms with Gasteiger partial charge in [-0.3, -0.25) is 5.41 Å². The van der Waals surface area contributed by atoms with Crippen LogP contribution in [0.15, 0.2) is 42.5 Å². The number of nitrogen functional groups attached to an aromatic ring is 1. The largest absolute Gasteiger partial charge is 0.495 e. The average molecular weight is 269 g/mol. The van der Waals surface area contributed by atoms with Crippen LogP contribution in [0.3, 0.4) is 0 Å². The predicted molar refractivity (Wildman–Crippen MR) is 83.3 cm³/mol. The number of aryl methyl sites for hydroxylation is 1. The highest BCUT2D eigenvalue weighted by atomic mass is 16.5. The second-order valence-corrected chi connectivity index (χ2v) is 4.67. The number of rotatable bonds is 4. The molecule has 0 atom stereocenters. The summed E-state index contributed by atoms with van der Waals surface area (Å²) in [5.74, 6) is 0.843. The number of ether oxygens (including phenoxy) is 1. The number of hydrogen-bond acceptors (Lipinski definition) is 3. The van der Waals surface area contributed by atoms with Crippen molar-refractivity contribution in [3.8, 4) is 5.75 Å². The van der Waals surface area contributed by atoms with Gasteiger partial charge in [0.25, 0.3) is 0 Å². The Hall–Kier alpha value is -2.49. The Morgan fingerprint density at radius 2 is 1.85 bits per heavy atom. The van der Waals surface area contributed by atoms with E-state index in [0.717, 1.165) is 28.3 Å². The highest BCUT2D eigenvalue weighted by molar-refractivity contribution is 6.01. The van der Waals surface area contributed by atoms with Gasteiger partial charge in [-0.1, -0.05) is 23.8 Å². The van der Waals surface area contributed by atoms with Gasteiger partial charge < -0.3 is 15.4 Å². The van der Waals surface area contributed by atoms with Crippen molar-refractivity contribution in [2.24, 2.45) is 5.73 Å². The lowest BCUT2D eigenvalue weighted by Crippen LogP contribution is -2.19. The molecule has 0 spiro atoms. The number of nitrogens with two attached hydrogens (primary N) is 1. The summed E-state index contributed by atoms with van der Waals surface area (Å²) in [6, 6.07) is 13.7. The number of hydrogen-bond donors (Lipinski definition) is 2. The van der Waals surface area contributed by atoms with E-state index in [2.05, 4.69) is 0 Å². The van der Waals surface area contributed by atoms with Crippen LogP contribution in [-0.4, -0.2) is 20.0 Å². The zero-order chi connectivity index (χ0) is 14.7. The number of amidine groups is 1. The third-order valence-corrected chi connectivity index (χ3v) is 3.25. The van der Waals surface area contributed by atoms with Gasteiger partial charge in [0, 0.05) is 12.6 Å². The molecule has 0 aliphatic carbocycles. The summed E-state index contributed by atoms with van der Waals surface area (Å²) in [5.41, 5.74) is 9.31. The normalized spacial score (nSPS) is 10.2. The first-order valence-corrected chi connectivity index (χ1v) is 6.36. The molecule has 0 heterocycles. The van der Waals surface area contributed by atoms with E-state index >= 15 is 0 Å². The number of nitrogens with one attached hydrogen (secondary N) is 1. The van der Waals surface area contributed by atoms with Crippen LogP contribution < -0.4 is 15.4 Å². The lowest BCUT2D eigenvalue weighted by molar-refractivity contribution is 0.415. The van der Waals surface area contributed by atoms with E-state index < -0.39 is 0 Å². The van der Waals surface area contributed by atoms with Gasteiger partial charge in [-0.2, -0.15) is 0 Å². The zero-order valence-electron chi connectivity index (χ0n) is 12.0. The molecule has 2 rings (SSSR count). The van der Waals surface area contributed by atoms with Gasteiger partial charge >= 0.3 is 0 Å². The molecular weight excluding hydrogens is 250 g/mol. The Bertz CT molecular complexity index is 637. The minimum absolute atomic E-state index is 0.0606. The monoisotopic (exact) mass is 269 g/mol. The Morgan fingerprint density at radius 3 is 2.50 bits per heavy atom. The number of methoxy groups -OCH3 is 1. The maximum Gasteiger partial charge on any atom is 0.142 e. The van der Waals surface area contributed by atoms with Gasteiger partial charge in [-0.15, -0.1) is 0 Å². The van der Waals surface area contributed by atoms with E-state index in [1.54, 1.807) is 7.11 Å². The number of para-hydroxylation sites is 2. The molecule has 0 aliphatic heterocycles. The summed E-state index contributed by atoms with van der Waals surface area (Å²) in [4.78, 5) is 1.98. The predicted octanol–water partition coefficient (Wildman–Crippen LogP) is 3.06. The van der Waals surface area contributed by atoms with Crippen molar-refractivity contribution >= 4 is 17.2 Å². The molecule has 4 heteroatoms. The topological polar surface area (TPSA) is 62.3 Å². The lowest BCUT2D eigenvalue weighted by Gasteiger charge is -2.24. The molecular formula is C16H19N3O. The molecule has 104 valence electrons. The maximum absolute atomic E-state index is 7.75. The van der Waals surface area contributed by atoms with E-state index in [-0.39, 0.29) is 5.84 Å². The molecule has 0 amide bonds.